The monoisotopic (exact) mass is 498 g/mol. The second-order valence-electron chi connectivity index (χ2n) is 9.08. The predicted octanol–water partition coefficient (Wildman–Crippen LogP) is 1.83. The van der Waals surface area contributed by atoms with Crippen molar-refractivity contribution < 1.29 is 18.4 Å². The van der Waals surface area contributed by atoms with E-state index in [-0.39, 0.29) is 17.5 Å². The van der Waals surface area contributed by atoms with E-state index in [2.05, 4.69) is 9.97 Å². The van der Waals surface area contributed by atoms with Gasteiger partial charge in [0.25, 0.3) is 5.91 Å². The molecule has 10 nitrogen and oxygen atoms in total. The van der Waals surface area contributed by atoms with Crippen molar-refractivity contribution in [2.24, 2.45) is 5.92 Å². The number of benzene rings is 2. The molecule has 2 aromatic carbocycles. The molecule has 1 aromatic heterocycles. The molecule has 2 unspecified atom stereocenters. The van der Waals surface area contributed by atoms with Crippen LogP contribution in [-0.2, 0) is 10.0 Å². The maximum atomic E-state index is 13.7. The first-order valence-corrected chi connectivity index (χ1v) is 12.8. The van der Waals surface area contributed by atoms with Crippen LogP contribution in [0.25, 0.3) is 10.8 Å². The summed E-state index contributed by atoms with van der Waals surface area (Å²) >= 11 is 0. The SMILES string of the molecule is CN(C)CCN(C1CC1CN(C)c1ncc(C(=O)NO)cn1)S(=O)(=O)c1ccc2ccccc2c1. The first-order chi connectivity index (χ1) is 16.7. The lowest BCUT2D eigenvalue weighted by atomic mass is 10.1. The molecule has 1 aliphatic carbocycles. The third-order valence-electron chi connectivity index (χ3n) is 6.20. The molecule has 186 valence electrons. The molecule has 35 heavy (non-hydrogen) atoms. The molecule has 2 atom stereocenters. The number of nitrogens with one attached hydrogen (secondary N) is 1. The van der Waals surface area contributed by atoms with Gasteiger partial charge in [-0.3, -0.25) is 10.0 Å². The zero-order valence-corrected chi connectivity index (χ0v) is 20.8. The molecule has 0 saturated heterocycles. The largest absolute Gasteiger partial charge is 0.344 e. The van der Waals surface area contributed by atoms with Crippen molar-refractivity contribution in [1.29, 1.82) is 0 Å². The van der Waals surface area contributed by atoms with Gasteiger partial charge in [0.15, 0.2) is 0 Å². The highest BCUT2D eigenvalue weighted by molar-refractivity contribution is 7.89. The number of hydrogen-bond acceptors (Lipinski definition) is 8. The molecule has 1 fully saturated rings. The zero-order chi connectivity index (χ0) is 25.2. The van der Waals surface area contributed by atoms with Crippen LogP contribution in [0.3, 0.4) is 0 Å². The number of hydroxylamine groups is 1. The molecule has 3 aromatic rings. The van der Waals surface area contributed by atoms with Gasteiger partial charge in [-0.15, -0.1) is 0 Å². The Labute approximate surface area is 205 Å². The maximum absolute atomic E-state index is 13.7. The highest BCUT2D eigenvalue weighted by Gasteiger charge is 2.47. The van der Waals surface area contributed by atoms with Crippen molar-refractivity contribution >= 4 is 32.7 Å². The second-order valence-corrected chi connectivity index (χ2v) is 11.0. The molecule has 0 aliphatic heterocycles. The molecule has 1 amide bonds. The van der Waals surface area contributed by atoms with E-state index >= 15 is 0 Å². The van der Waals surface area contributed by atoms with Crippen LogP contribution in [0, 0.1) is 5.92 Å². The van der Waals surface area contributed by atoms with Crippen LogP contribution < -0.4 is 10.4 Å². The fourth-order valence-corrected chi connectivity index (χ4v) is 5.86. The number of hydrogen-bond donors (Lipinski definition) is 2. The third-order valence-corrected chi connectivity index (χ3v) is 8.12. The topological polar surface area (TPSA) is 119 Å². The lowest BCUT2D eigenvalue weighted by molar-refractivity contribution is 0.0705. The Bertz CT molecular complexity index is 1300. The van der Waals surface area contributed by atoms with Gasteiger partial charge in [-0.1, -0.05) is 30.3 Å². The highest BCUT2D eigenvalue weighted by Crippen LogP contribution is 2.40. The molecule has 1 heterocycles. The van der Waals surface area contributed by atoms with E-state index in [1.165, 1.54) is 12.4 Å². The number of fused-ring (bicyclic) bond motifs is 1. The number of amides is 1. The zero-order valence-electron chi connectivity index (χ0n) is 20.0. The Kier molecular flexibility index (Phi) is 7.31. The number of anilines is 1. The van der Waals surface area contributed by atoms with Crippen LogP contribution in [0.4, 0.5) is 5.95 Å². The second kappa shape index (κ2) is 10.2. The van der Waals surface area contributed by atoms with Crippen LogP contribution in [0.5, 0.6) is 0 Å². The van der Waals surface area contributed by atoms with E-state index in [0.717, 1.165) is 17.2 Å². The minimum atomic E-state index is -3.69. The Hall–Kier alpha value is -3.12. The molecule has 11 heteroatoms. The summed E-state index contributed by atoms with van der Waals surface area (Å²) in [6.45, 7) is 1.58. The molecule has 0 radical (unpaired) electrons. The van der Waals surface area contributed by atoms with E-state index in [9.17, 15) is 13.2 Å². The molecule has 1 aliphatic rings. The molecule has 2 N–H and O–H groups in total. The number of carbonyl (C=O) groups excluding carboxylic acids is 1. The van der Waals surface area contributed by atoms with Crippen LogP contribution in [-0.4, -0.2) is 85.5 Å². The van der Waals surface area contributed by atoms with Gasteiger partial charge in [-0.25, -0.2) is 23.9 Å². The molecule has 0 spiro atoms. The van der Waals surface area contributed by atoms with Gasteiger partial charge in [-0.05, 0) is 49.3 Å². The van der Waals surface area contributed by atoms with Crippen LogP contribution in [0.1, 0.15) is 16.8 Å². The molecule has 1 saturated carbocycles. The normalized spacial score (nSPS) is 17.7. The van der Waals surface area contributed by atoms with E-state index in [0.29, 0.717) is 30.5 Å². The van der Waals surface area contributed by atoms with Gasteiger partial charge < -0.3 is 9.80 Å². The minimum Gasteiger partial charge on any atom is -0.344 e. The Balaban J connectivity index is 1.51. The Morgan fingerprint density at radius 3 is 2.40 bits per heavy atom. The minimum absolute atomic E-state index is 0.117. The van der Waals surface area contributed by atoms with Gasteiger partial charge in [0, 0.05) is 45.1 Å². The Morgan fingerprint density at radius 2 is 1.74 bits per heavy atom. The number of rotatable bonds is 10. The number of aromatic nitrogens is 2. The lowest BCUT2D eigenvalue weighted by Crippen LogP contribution is -2.40. The van der Waals surface area contributed by atoms with Crippen molar-refractivity contribution in [2.45, 2.75) is 17.4 Å². The summed E-state index contributed by atoms with van der Waals surface area (Å²) < 4.78 is 29.1. The van der Waals surface area contributed by atoms with Crippen molar-refractivity contribution in [3.63, 3.8) is 0 Å². The number of carbonyl (C=O) groups is 1. The van der Waals surface area contributed by atoms with E-state index < -0.39 is 15.9 Å². The highest BCUT2D eigenvalue weighted by atomic mass is 32.2. The summed E-state index contributed by atoms with van der Waals surface area (Å²) in [7, 11) is 2.00. The number of sulfonamides is 1. The van der Waals surface area contributed by atoms with Gasteiger partial charge in [0.1, 0.15) is 0 Å². The van der Waals surface area contributed by atoms with Gasteiger partial charge >= 0.3 is 0 Å². The molecular weight excluding hydrogens is 468 g/mol. The van der Waals surface area contributed by atoms with Crippen molar-refractivity contribution in [1.82, 2.24) is 24.7 Å². The lowest BCUT2D eigenvalue weighted by Gasteiger charge is -2.25. The van der Waals surface area contributed by atoms with Crippen molar-refractivity contribution in [2.75, 3.05) is 45.7 Å². The average molecular weight is 499 g/mol. The summed E-state index contributed by atoms with van der Waals surface area (Å²) in [6.07, 6.45) is 3.42. The van der Waals surface area contributed by atoms with Crippen LogP contribution >= 0.6 is 0 Å². The van der Waals surface area contributed by atoms with Crippen LogP contribution in [0.2, 0.25) is 0 Å². The summed E-state index contributed by atoms with van der Waals surface area (Å²) in [5.74, 6) is -0.138. The summed E-state index contributed by atoms with van der Waals surface area (Å²) in [5.41, 5.74) is 1.69. The maximum Gasteiger partial charge on any atom is 0.277 e. The Morgan fingerprint density at radius 1 is 1.06 bits per heavy atom. The molecular formula is C24H30N6O4S. The standard InChI is InChI=1S/C24H30N6O4S/c1-28(2)10-11-30(35(33,34)21-9-8-17-6-4-5-7-18(17)12-21)22-13-19(22)16-29(3)24-25-14-20(15-26-24)23(31)27-32/h4-9,12,14-15,19,22,32H,10-11,13,16H2,1-3H3,(H,27,31). The molecule has 0 bridgehead atoms. The number of nitrogens with zero attached hydrogens (tertiary/aromatic N) is 5. The first kappa shape index (κ1) is 25.0. The van der Waals surface area contributed by atoms with Gasteiger partial charge in [-0.2, -0.15) is 4.31 Å². The van der Waals surface area contributed by atoms with Crippen molar-refractivity contribution in [3.8, 4) is 0 Å². The van der Waals surface area contributed by atoms with E-state index in [1.807, 2.05) is 61.3 Å². The van der Waals surface area contributed by atoms with E-state index in [1.54, 1.807) is 21.9 Å². The molecule has 4 rings (SSSR count). The van der Waals surface area contributed by atoms with Gasteiger partial charge in [0.2, 0.25) is 16.0 Å². The summed E-state index contributed by atoms with van der Waals surface area (Å²) in [6, 6.07) is 12.9. The van der Waals surface area contributed by atoms with Gasteiger partial charge in [0.05, 0.1) is 10.5 Å². The summed E-state index contributed by atoms with van der Waals surface area (Å²) in [4.78, 5) is 24.0. The quantitative estimate of drug-likeness (QED) is 0.321. The first-order valence-electron chi connectivity index (χ1n) is 11.3. The smallest absolute Gasteiger partial charge is 0.277 e. The summed E-state index contributed by atoms with van der Waals surface area (Å²) in [5, 5.41) is 10.6. The van der Waals surface area contributed by atoms with Crippen molar-refractivity contribution in [3.05, 3.63) is 60.4 Å². The third kappa shape index (κ3) is 5.59. The fourth-order valence-electron chi connectivity index (χ4n) is 4.14. The van der Waals surface area contributed by atoms with E-state index in [4.69, 9.17) is 5.21 Å². The predicted molar refractivity (Wildman–Crippen MR) is 133 cm³/mol. The fraction of sp³-hybridized carbons (Fsp3) is 0.375. The average Bonchev–Trinajstić information content (AvgIpc) is 3.61. The van der Waals surface area contributed by atoms with Crippen LogP contribution in [0.15, 0.2) is 59.8 Å². The number of likely N-dealkylation sites (N-methyl/N-ethyl adjacent to an activating group) is 1.